The Labute approximate surface area is 157 Å². The molecule has 0 unspecified atom stereocenters. The summed E-state index contributed by atoms with van der Waals surface area (Å²) < 4.78 is 18.8. The van der Waals surface area contributed by atoms with Crippen LogP contribution in [0.2, 0.25) is 5.02 Å². The van der Waals surface area contributed by atoms with Crippen LogP contribution in [0, 0.1) is 5.82 Å². The lowest BCUT2D eigenvalue weighted by atomic mass is 9.97. The summed E-state index contributed by atoms with van der Waals surface area (Å²) in [5.41, 5.74) is 1.36. The maximum absolute atomic E-state index is 13.7. The van der Waals surface area contributed by atoms with Crippen molar-refractivity contribution in [2.75, 3.05) is 5.32 Å². The molecule has 0 radical (unpaired) electrons. The van der Waals surface area contributed by atoms with E-state index in [1.807, 2.05) is 18.2 Å². The smallest absolute Gasteiger partial charge is 0.341 e. The molecule has 2 aromatic rings. The highest BCUT2D eigenvalue weighted by atomic mass is 35.5. The molecule has 0 fully saturated rings. The zero-order valence-corrected chi connectivity index (χ0v) is 15.6. The van der Waals surface area contributed by atoms with Crippen LogP contribution in [0.25, 0.3) is 0 Å². The van der Waals surface area contributed by atoms with E-state index in [2.05, 4.69) is 19.2 Å². The Balaban J connectivity index is 2.09. The largest absolute Gasteiger partial charge is 0.449 e. The summed E-state index contributed by atoms with van der Waals surface area (Å²) in [4.78, 5) is 24.5. The van der Waals surface area contributed by atoms with Gasteiger partial charge < -0.3 is 10.1 Å². The number of amides is 1. The second-order valence-corrected chi connectivity index (χ2v) is 6.49. The van der Waals surface area contributed by atoms with E-state index in [0.29, 0.717) is 5.69 Å². The topological polar surface area (TPSA) is 55.4 Å². The molecule has 2 rings (SSSR count). The summed E-state index contributed by atoms with van der Waals surface area (Å²) in [6.07, 6.45) is -0.170. The number of hydrogen-bond donors (Lipinski definition) is 1. The first-order valence-electron chi connectivity index (χ1n) is 8.39. The van der Waals surface area contributed by atoms with Crippen molar-refractivity contribution in [3.05, 3.63) is 64.4 Å². The van der Waals surface area contributed by atoms with E-state index in [4.69, 9.17) is 16.3 Å². The van der Waals surface area contributed by atoms with Gasteiger partial charge in [-0.15, -0.1) is 0 Å². The van der Waals surface area contributed by atoms with Crippen molar-refractivity contribution in [3.8, 4) is 0 Å². The number of para-hydroxylation sites is 1. The fourth-order valence-electron chi connectivity index (χ4n) is 2.43. The van der Waals surface area contributed by atoms with Crippen LogP contribution in [0.1, 0.15) is 49.0 Å². The van der Waals surface area contributed by atoms with Gasteiger partial charge in [0.25, 0.3) is 5.91 Å². The molecule has 6 heteroatoms. The van der Waals surface area contributed by atoms with Crippen molar-refractivity contribution in [3.63, 3.8) is 0 Å². The first-order valence-corrected chi connectivity index (χ1v) is 8.77. The third kappa shape index (κ3) is 4.82. The highest BCUT2D eigenvalue weighted by Gasteiger charge is 2.22. The van der Waals surface area contributed by atoms with Gasteiger partial charge in [0, 0.05) is 10.7 Å². The van der Waals surface area contributed by atoms with E-state index in [1.54, 1.807) is 6.07 Å². The minimum absolute atomic E-state index is 0.206. The van der Waals surface area contributed by atoms with E-state index in [-0.39, 0.29) is 16.5 Å². The zero-order chi connectivity index (χ0) is 19.3. The van der Waals surface area contributed by atoms with Gasteiger partial charge in [0.05, 0.1) is 5.56 Å². The minimum Gasteiger partial charge on any atom is -0.449 e. The van der Waals surface area contributed by atoms with Gasteiger partial charge in [-0.1, -0.05) is 43.6 Å². The van der Waals surface area contributed by atoms with E-state index in [1.165, 1.54) is 19.1 Å². The number of rotatable bonds is 6. The average molecular weight is 378 g/mol. The van der Waals surface area contributed by atoms with Gasteiger partial charge in [-0.25, -0.2) is 9.18 Å². The normalized spacial score (nSPS) is 13.0. The van der Waals surface area contributed by atoms with Crippen molar-refractivity contribution in [1.82, 2.24) is 0 Å². The highest BCUT2D eigenvalue weighted by molar-refractivity contribution is 6.30. The van der Waals surface area contributed by atoms with Crippen molar-refractivity contribution in [2.24, 2.45) is 0 Å². The lowest BCUT2D eigenvalue weighted by Crippen LogP contribution is -2.30. The van der Waals surface area contributed by atoms with Gasteiger partial charge >= 0.3 is 5.97 Å². The number of nitrogens with one attached hydrogen (secondary N) is 1. The lowest BCUT2D eigenvalue weighted by molar-refractivity contribution is -0.123. The Morgan fingerprint density at radius 3 is 2.58 bits per heavy atom. The van der Waals surface area contributed by atoms with Crippen LogP contribution in [0.4, 0.5) is 10.1 Å². The first kappa shape index (κ1) is 19.9. The number of ether oxygens (including phenoxy) is 1. The molecule has 0 aliphatic heterocycles. The van der Waals surface area contributed by atoms with Gasteiger partial charge in [-0.3, -0.25) is 4.79 Å². The van der Waals surface area contributed by atoms with Crippen LogP contribution in [-0.2, 0) is 9.53 Å². The van der Waals surface area contributed by atoms with E-state index >= 15 is 0 Å². The quantitative estimate of drug-likeness (QED) is 0.706. The molecule has 0 bridgehead atoms. The van der Waals surface area contributed by atoms with E-state index in [0.717, 1.165) is 18.1 Å². The Hall–Kier alpha value is -2.40. The molecule has 0 spiro atoms. The molecule has 0 aliphatic carbocycles. The third-order valence-electron chi connectivity index (χ3n) is 4.16. The molecular formula is C20H21ClFNO3. The molecule has 138 valence electrons. The maximum Gasteiger partial charge on any atom is 0.341 e. The number of carbonyl (C=O) groups excluding carboxylic acids is 2. The summed E-state index contributed by atoms with van der Waals surface area (Å²) in [6.45, 7) is 5.56. The van der Waals surface area contributed by atoms with Crippen LogP contribution in [0.3, 0.4) is 0 Å². The molecular weight excluding hydrogens is 357 g/mol. The van der Waals surface area contributed by atoms with E-state index < -0.39 is 23.8 Å². The molecule has 2 aromatic carbocycles. The van der Waals surface area contributed by atoms with Crippen LogP contribution in [-0.4, -0.2) is 18.0 Å². The number of anilines is 1. The molecule has 0 saturated heterocycles. The van der Waals surface area contributed by atoms with Crippen LogP contribution in [0.15, 0.2) is 42.5 Å². The van der Waals surface area contributed by atoms with Gasteiger partial charge in [0.15, 0.2) is 6.10 Å². The fourth-order valence-corrected chi connectivity index (χ4v) is 2.60. The zero-order valence-electron chi connectivity index (χ0n) is 14.9. The van der Waals surface area contributed by atoms with E-state index in [9.17, 15) is 14.0 Å². The van der Waals surface area contributed by atoms with Crippen molar-refractivity contribution in [2.45, 2.75) is 39.2 Å². The minimum atomic E-state index is -1.09. The van der Waals surface area contributed by atoms with Gasteiger partial charge in [0.2, 0.25) is 0 Å². The predicted octanol–water partition coefficient (Wildman–Crippen LogP) is 5.18. The first-order chi connectivity index (χ1) is 12.3. The molecule has 2 atom stereocenters. The molecule has 0 heterocycles. The number of halogens is 2. The summed E-state index contributed by atoms with van der Waals surface area (Å²) in [7, 11) is 0. The van der Waals surface area contributed by atoms with Crippen LogP contribution in [0.5, 0.6) is 0 Å². The van der Waals surface area contributed by atoms with Gasteiger partial charge in [0.1, 0.15) is 5.82 Å². The number of hydrogen-bond acceptors (Lipinski definition) is 3. The second-order valence-electron chi connectivity index (χ2n) is 6.06. The Morgan fingerprint density at radius 2 is 1.88 bits per heavy atom. The summed E-state index contributed by atoms with van der Waals surface area (Å²) >= 11 is 5.77. The monoisotopic (exact) mass is 377 g/mol. The Kier molecular flexibility index (Phi) is 6.75. The maximum atomic E-state index is 13.7. The summed E-state index contributed by atoms with van der Waals surface area (Å²) in [6, 6.07) is 11.0. The summed E-state index contributed by atoms with van der Waals surface area (Å²) in [5, 5.41) is 2.98. The predicted molar refractivity (Wildman–Crippen MR) is 100 cm³/mol. The second kappa shape index (κ2) is 8.81. The third-order valence-corrected chi connectivity index (χ3v) is 4.40. The Morgan fingerprint density at radius 1 is 1.19 bits per heavy atom. The molecule has 26 heavy (non-hydrogen) atoms. The van der Waals surface area contributed by atoms with Crippen LogP contribution >= 0.6 is 11.6 Å². The number of esters is 1. The van der Waals surface area contributed by atoms with Crippen molar-refractivity contribution in [1.29, 1.82) is 0 Å². The molecule has 1 N–H and O–H groups in total. The summed E-state index contributed by atoms with van der Waals surface area (Å²) in [5.74, 6) is -1.92. The highest BCUT2D eigenvalue weighted by Crippen LogP contribution is 2.26. The molecule has 4 nitrogen and oxygen atoms in total. The lowest BCUT2D eigenvalue weighted by Gasteiger charge is -2.18. The Bertz CT molecular complexity index is 809. The average Bonchev–Trinajstić information content (AvgIpc) is 2.63. The molecule has 0 aliphatic rings. The number of benzene rings is 2. The SMILES string of the molecule is CC[C@@H](C)c1ccccc1NC(=O)[C@@H](C)OC(=O)c1cc(Cl)ccc1F. The van der Waals surface area contributed by atoms with Crippen molar-refractivity contribution >= 4 is 29.2 Å². The van der Waals surface area contributed by atoms with Gasteiger partial charge in [-0.05, 0) is 49.1 Å². The van der Waals surface area contributed by atoms with Crippen LogP contribution < -0.4 is 5.32 Å². The standard InChI is InChI=1S/C20H21ClFNO3/c1-4-12(2)15-7-5-6-8-18(15)23-19(24)13(3)26-20(25)16-11-14(21)9-10-17(16)22/h5-13H,4H2,1-3H3,(H,23,24)/t12-,13-/m1/s1. The molecule has 0 saturated carbocycles. The van der Waals surface area contributed by atoms with Gasteiger partial charge in [-0.2, -0.15) is 0 Å². The number of carbonyl (C=O) groups is 2. The molecule has 0 aromatic heterocycles. The fraction of sp³-hybridized carbons (Fsp3) is 0.300. The molecule has 1 amide bonds. The van der Waals surface area contributed by atoms with Crippen molar-refractivity contribution < 1.29 is 18.7 Å².